The Morgan fingerprint density at radius 3 is 2.26 bits per heavy atom. The van der Waals surface area contributed by atoms with Gasteiger partial charge in [0.25, 0.3) is 0 Å². The zero-order valence-electron chi connectivity index (χ0n) is 15.4. The molecule has 1 rings (SSSR count). The predicted molar refractivity (Wildman–Crippen MR) is 112 cm³/mol. The Morgan fingerprint density at radius 1 is 1.00 bits per heavy atom. The summed E-state index contributed by atoms with van der Waals surface area (Å²) < 4.78 is 0. The highest BCUT2D eigenvalue weighted by Crippen LogP contribution is 2.07. The van der Waals surface area contributed by atoms with Crippen LogP contribution in [0.3, 0.4) is 0 Å². The largest absolute Gasteiger partial charge is 0.356 e. The zero-order chi connectivity index (χ0) is 16.0. The molecule has 0 bridgehead atoms. The Kier molecular flexibility index (Phi) is 15.4. The monoisotopic (exact) mass is 439 g/mol. The molecule has 0 aliphatic carbocycles. The standard InChI is InChI=1S/C17H37N5.HI/c1-4-21(5-2)13-10-7-11-19-17(18-3)20-12-16-22-14-8-6-9-15-22;/h4-16H2,1-3H3,(H2,18,19,20);1H. The van der Waals surface area contributed by atoms with Crippen molar-refractivity contribution < 1.29 is 0 Å². The van der Waals surface area contributed by atoms with Crippen LogP contribution < -0.4 is 10.6 Å². The minimum atomic E-state index is 0. The van der Waals surface area contributed by atoms with Crippen LogP contribution in [0.15, 0.2) is 4.99 Å². The minimum Gasteiger partial charge on any atom is -0.356 e. The van der Waals surface area contributed by atoms with Gasteiger partial charge < -0.3 is 20.4 Å². The summed E-state index contributed by atoms with van der Waals surface area (Å²) in [6.07, 6.45) is 6.57. The van der Waals surface area contributed by atoms with Crippen LogP contribution >= 0.6 is 24.0 Å². The smallest absolute Gasteiger partial charge is 0.191 e. The van der Waals surface area contributed by atoms with Crippen molar-refractivity contribution in [1.82, 2.24) is 20.4 Å². The first-order valence-corrected chi connectivity index (χ1v) is 9.19. The van der Waals surface area contributed by atoms with E-state index in [1.807, 2.05) is 7.05 Å². The third-order valence-electron chi connectivity index (χ3n) is 4.48. The van der Waals surface area contributed by atoms with Crippen molar-refractivity contribution in [2.45, 2.75) is 46.0 Å². The van der Waals surface area contributed by atoms with Gasteiger partial charge >= 0.3 is 0 Å². The summed E-state index contributed by atoms with van der Waals surface area (Å²) in [6, 6.07) is 0. The molecule has 1 aliphatic rings. The topological polar surface area (TPSA) is 42.9 Å². The molecule has 0 atom stereocenters. The lowest BCUT2D eigenvalue weighted by molar-refractivity contribution is 0.232. The highest BCUT2D eigenvalue weighted by molar-refractivity contribution is 14.0. The lowest BCUT2D eigenvalue weighted by Gasteiger charge is -2.26. The number of hydrogen-bond acceptors (Lipinski definition) is 3. The van der Waals surface area contributed by atoms with Gasteiger partial charge in [-0.05, 0) is 58.4 Å². The van der Waals surface area contributed by atoms with Crippen molar-refractivity contribution >= 4 is 29.9 Å². The molecule has 0 aromatic carbocycles. The van der Waals surface area contributed by atoms with Gasteiger partial charge in [-0.15, -0.1) is 24.0 Å². The molecular formula is C17H38IN5. The molecule has 0 amide bonds. The SMILES string of the molecule is CCN(CC)CCCCNC(=NC)NCCN1CCCCC1.I. The van der Waals surface area contributed by atoms with Crippen molar-refractivity contribution in [3.63, 3.8) is 0 Å². The summed E-state index contributed by atoms with van der Waals surface area (Å²) in [4.78, 5) is 9.33. The number of nitrogens with zero attached hydrogens (tertiary/aromatic N) is 3. The molecule has 0 aromatic rings. The van der Waals surface area contributed by atoms with Gasteiger partial charge in [0, 0.05) is 26.7 Å². The molecule has 6 heteroatoms. The van der Waals surface area contributed by atoms with Crippen molar-refractivity contribution in [3.05, 3.63) is 0 Å². The summed E-state index contributed by atoms with van der Waals surface area (Å²) in [6.45, 7) is 13.6. The Hall–Kier alpha value is -0.0800. The number of hydrogen-bond donors (Lipinski definition) is 2. The molecule has 138 valence electrons. The number of halogens is 1. The van der Waals surface area contributed by atoms with Crippen molar-refractivity contribution in [2.75, 3.05) is 59.4 Å². The lowest BCUT2D eigenvalue weighted by Crippen LogP contribution is -2.43. The fraction of sp³-hybridized carbons (Fsp3) is 0.941. The maximum absolute atomic E-state index is 4.30. The van der Waals surface area contributed by atoms with E-state index in [4.69, 9.17) is 0 Å². The van der Waals surface area contributed by atoms with Crippen molar-refractivity contribution in [2.24, 2.45) is 4.99 Å². The first-order valence-electron chi connectivity index (χ1n) is 9.19. The van der Waals surface area contributed by atoms with Crippen LogP contribution in [-0.4, -0.2) is 75.2 Å². The molecule has 23 heavy (non-hydrogen) atoms. The number of piperidine rings is 1. The first-order chi connectivity index (χ1) is 10.8. The van der Waals surface area contributed by atoms with Crippen LogP contribution in [-0.2, 0) is 0 Å². The van der Waals surface area contributed by atoms with Crippen LogP contribution in [0.2, 0.25) is 0 Å². The fourth-order valence-corrected chi connectivity index (χ4v) is 2.94. The van der Waals surface area contributed by atoms with E-state index in [1.165, 1.54) is 51.7 Å². The maximum atomic E-state index is 4.30. The van der Waals surface area contributed by atoms with E-state index in [0.717, 1.165) is 38.7 Å². The first kappa shape index (κ1) is 22.9. The van der Waals surface area contributed by atoms with E-state index in [-0.39, 0.29) is 24.0 Å². The fourth-order valence-electron chi connectivity index (χ4n) is 2.94. The number of likely N-dealkylation sites (tertiary alicyclic amines) is 1. The number of aliphatic imine (C=N–C) groups is 1. The molecule has 0 unspecified atom stereocenters. The Bertz CT molecular complexity index is 289. The summed E-state index contributed by atoms with van der Waals surface area (Å²) in [5.74, 6) is 0.944. The van der Waals surface area contributed by atoms with E-state index < -0.39 is 0 Å². The van der Waals surface area contributed by atoms with Gasteiger partial charge in [-0.3, -0.25) is 4.99 Å². The lowest BCUT2D eigenvalue weighted by atomic mass is 10.1. The van der Waals surface area contributed by atoms with Gasteiger partial charge in [0.05, 0.1) is 0 Å². The van der Waals surface area contributed by atoms with Gasteiger partial charge in [-0.1, -0.05) is 20.3 Å². The molecule has 0 aromatic heterocycles. The van der Waals surface area contributed by atoms with E-state index in [2.05, 4.69) is 39.3 Å². The second-order valence-electron chi connectivity index (χ2n) is 6.06. The molecule has 2 N–H and O–H groups in total. The highest BCUT2D eigenvalue weighted by Gasteiger charge is 2.09. The molecule has 0 radical (unpaired) electrons. The molecule has 1 saturated heterocycles. The van der Waals surface area contributed by atoms with Crippen molar-refractivity contribution in [1.29, 1.82) is 0 Å². The molecule has 0 saturated carbocycles. The average Bonchev–Trinajstić information content (AvgIpc) is 2.57. The van der Waals surface area contributed by atoms with Crippen molar-refractivity contribution in [3.8, 4) is 0 Å². The van der Waals surface area contributed by atoms with Gasteiger partial charge in [-0.2, -0.15) is 0 Å². The van der Waals surface area contributed by atoms with E-state index >= 15 is 0 Å². The third-order valence-corrected chi connectivity index (χ3v) is 4.48. The van der Waals surface area contributed by atoms with Gasteiger partial charge in [0.2, 0.25) is 0 Å². The highest BCUT2D eigenvalue weighted by atomic mass is 127. The van der Waals surface area contributed by atoms with Gasteiger partial charge in [0.1, 0.15) is 0 Å². The predicted octanol–water partition coefficient (Wildman–Crippen LogP) is 2.38. The van der Waals surface area contributed by atoms with Crippen LogP contribution in [0.25, 0.3) is 0 Å². The van der Waals surface area contributed by atoms with Gasteiger partial charge in [0.15, 0.2) is 5.96 Å². The normalized spacial score (nSPS) is 16.3. The molecule has 1 fully saturated rings. The summed E-state index contributed by atoms with van der Waals surface area (Å²) in [5.41, 5.74) is 0. The second-order valence-corrected chi connectivity index (χ2v) is 6.06. The number of unbranched alkanes of at least 4 members (excludes halogenated alkanes) is 1. The zero-order valence-corrected chi connectivity index (χ0v) is 17.8. The van der Waals surface area contributed by atoms with Crippen LogP contribution in [0, 0.1) is 0 Å². The maximum Gasteiger partial charge on any atom is 0.191 e. The number of rotatable bonds is 10. The molecular weight excluding hydrogens is 401 g/mol. The molecule has 1 heterocycles. The summed E-state index contributed by atoms with van der Waals surface area (Å²) in [7, 11) is 1.85. The quantitative estimate of drug-likeness (QED) is 0.238. The Balaban J connectivity index is 0.00000484. The van der Waals surface area contributed by atoms with E-state index in [9.17, 15) is 0 Å². The van der Waals surface area contributed by atoms with Gasteiger partial charge in [-0.25, -0.2) is 0 Å². The van der Waals surface area contributed by atoms with E-state index in [0.29, 0.717) is 0 Å². The van der Waals surface area contributed by atoms with Crippen LogP contribution in [0.1, 0.15) is 46.0 Å². The Labute approximate surface area is 160 Å². The van der Waals surface area contributed by atoms with E-state index in [1.54, 1.807) is 0 Å². The average molecular weight is 439 g/mol. The number of nitrogens with one attached hydrogen (secondary N) is 2. The Morgan fingerprint density at radius 2 is 1.65 bits per heavy atom. The third kappa shape index (κ3) is 11.2. The second kappa shape index (κ2) is 15.4. The molecule has 0 spiro atoms. The summed E-state index contributed by atoms with van der Waals surface area (Å²) in [5, 5.41) is 6.84. The minimum absolute atomic E-state index is 0. The number of guanidine groups is 1. The molecule has 1 aliphatic heterocycles. The van der Waals surface area contributed by atoms with Crippen LogP contribution in [0.5, 0.6) is 0 Å². The summed E-state index contributed by atoms with van der Waals surface area (Å²) >= 11 is 0. The molecule has 5 nitrogen and oxygen atoms in total. The van der Waals surface area contributed by atoms with Crippen LogP contribution in [0.4, 0.5) is 0 Å².